The van der Waals surface area contributed by atoms with Gasteiger partial charge in [-0.05, 0) is 42.7 Å². The van der Waals surface area contributed by atoms with Crippen LogP contribution in [0.3, 0.4) is 0 Å². The predicted molar refractivity (Wildman–Crippen MR) is 161 cm³/mol. The molecule has 2 N–H and O–H groups in total. The Morgan fingerprint density at radius 3 is 2.56 bits per heavy atom. The Bertz CT molecular complexity index is 1780. The minimum atomic E-state index is -0.733. The molecule has 7 nitrogen and oxygen atoms in total. The molecule has 0 bridgehead atoms. The lowest BCUT2D eigenvalue weighted by Gasteiger charge is -2.20. The second-order valence-electron chi connectivity index (χ2n) is 9.91. The van der Waals surface area contributed by atoms with E-state index < -0.39 is 5.82 Å². The van der Waals surface area contributed by atoms with Crippen LogP contribution in [0.25, 0.3) is 10.9 Å². The Kier molecular flexibility index (Phi) is 7.67. The summed E-state index contributed by atoms with van der Waals surface area (Å²) in [5.74, 6) is -0.733. The molecule has 2 heterocycles. The first-order valence-electron chi connectivity index (χ1n) is 13.1. The van der Waals surface area contributed by atoms with E-state index in [0.717, 1.165) is 24.1 Å². The Labute approximate surface area is 250 Å². The third kappa shape index (κ3) is 5.41. The molecule has 206 valence electrons. The van der Waals surface area contributed by atoms with Gasteiger partial charge < -0.3 is 10.6 Å². The van der Waals surface area contributed by atoms with Gasteiger partial charge in [-0.1, -0.05) is 83.2 Å². The fraction of sp³-hybridized carbons (Fsp3) is 0.200. The van der Waals surface area contributed by atoms with Crippen LogP contribution in [0, 0.1) is 17.1 Å². The Morgan fingerprint density at radius 2 is 1.80 bits per heavy atom. The Hall–Kier alpha value is -3.90. The molecule has 5 aromatic rings. The zero-order valence-electron chi connectivity index (χ0n) is 21.6. The van der Waals surface area contributed by atoms with E-state index in [0.29, 0.717) is 33.3 Å². The van der Waals surface area contributed by atoms with Gasteiger partial charge in [-0.25, -0.2) is 9.07 Å². The molecule has 0 radical (unpaired) electrons. The average molecular weight is 607 g/mol. The van der Waals surface area contributed by atoms with Gasteiger partial charge >= 0.3 is 0 Å². The first-order chi connectivity index (χ1) is 19.9. The highest BCUT2D eigenvalue weighted by Crippen LogP contribution is 2.39. The van der Waals surface area contributed by atoms with Gasteiger partial charge in [0.05, 0.1) is 55.8 Å². The third-order valence-corrected chi connectivity index (χ3v) is 8.38. The van der Waals surface area contributed by atoms with Gasteiger partial charge in [0.25, 0.3) is 0 Å². The maximum absolute atomic E-state index is 15.0. The SMILES string of the molecule is N#Cc1cnc2c(Cl)cc(NC(c3ccccc3)c3cn(C4CCCC4)nn3)cc2c1Nc1ccc(Cl)c(Cl)c1F. The van der Waals surface area contributed by atoms with Crippen LogP contribution in [-0.2, 0) is 0 Å². The highest BCUT2D eigenvalue weighted by molar-refractivity contribution is 6.42. The lowest BCUT2D eigenvalue weighted by atomic mass is 10.0. The highest BCUT2D eigenvalue weighted by atomic mass is 35.5. The Morgan fingerprint density at radius 1 is 1.02 bits per heavy atom. The van der Waals surface area contributed by atoms with E-state index in [1.165, 1.54) is 31.2 Å². The Balaban J connectivity index is 1.43. The summed E-state index contributed by atoms with van der Waals surface area (Å²) in [5.41, 5.74) is 3.45. The topological polar surface area (TPSA) is 91.5 Å². The number of hydrogen-bond acceptors (Lipinski definition) is 6. The monoisotopic (exact) mass is 605 g/mol. The number of nitrogens with zero attached hydrogens (tertiary/aromatic N) is 5. The van der Waals surface area contributed by atoms with Crippen molar-refractivity contribution in [1.29, 1.82) is 5.26 Å². The number of hydrogen-bond donors (Lipinski definition) is 2. The van der Waals surface area contributed by atoms with Crippen molar-refractivity contribution >= 4 is 62.8 Å². The molecule has 2 aromatic heterocycles. The number of benzene rings is 3. The van der Waals surface area contributed by atoms with Crippen LogP contribution < -0.4 is 10.6 Å². The van der Waals surface area contributed by atoms with Crippen LogP contribution in [0.15, 0.2) is 67.0 Å². The van der Waals surface area contributed by atoms with E-state index in [-0.39, 0.29) is 27.3 Å². The summed E-state index contributed by atoms with van der Waals surface area (Å²) in [6, 6.07) is 18.6. The molecule has 1 aliphatic carbocycles. The number of anilines is 3. The number of aromatic nitrogens is 4. The highest BCUT2D eigenvalue weighted by Gasteiger charge is 2.23. The molecule has 1 atom stereocenters. The van der Waals surface area contributed by atoms with E-state index in [2.05, 4.69) is 32.0 Å². The van der Waals surface area contributed by atoms with Gasteiger partial charge in [0.2, 0.25) is 0 Å². The van der Waals surface area contributed by atoms with Crippen LogP contribution in [0.2, 0.25) is 15.1 Å². The summed E-state index contributed by atoms with van der Waals surface area (Å²) >= 11 is 18.7. The van der Waals surface area contributed by atoms with E-state index in [9.17, 15) is 9.65 Å². The summed E-state index contributed by atoms with van der Waals surface area (Å²) in [6.45, 7) is 0. The van der Waals surface area contributed by atoms with E-state index >= 15 is 0 Å². The van der Waals surface area contributed by atoms with Crippen molar-refractivity contribution < 1.29 is 4.39 Å². The predicted octanol–water partition coefficient (Wildman–Crippen LogP) is 8.86. The first-order valence-corrected chi connectivity index (χ1v) is 14.2. The van der Waals surface area contributed by atoms with E-state index in [1.807, 2.05) is 47.3 Å². The van der Waals surface area contributed by atoms with Crippen molar-refractivity contribution in [2.75, 3.05) is 10.6 Å². The second-order valence-corrected chi connectivity index (χ2v) is 11.1. The van der Waals surface area contributed by atoms with Gasteiger partial charge in [-0.15, -0.1) is 5.10 Å². The minimum absolute atomic E-state index is 0.0589. The normalized spacial score (nSPS) is 14.2. The lowest BCUT2D eigenvalue weighted by Crippen LogP contribution is -2.13. The van der Waals surface area contributed by atoms with Crippen LogP contribution in [0.5, 0.6) is 0 Å². The molecular formula is C30H23Cl3FN7. The summed E-state index contributed by atoms with van der Waals surface area (Å²) in [5, 5.41) is 26.1. The van der Waals surface area contributed by atoms with Crippen LogP contribution >= 0.6 is 34.8 Å². The molecule has 1 unspecified atom stereocenters. The number of pyridine rings is 1. The molecule has 11 heteroatoms. The zero-order chi connectivity index (χ0) is 28.5. The van der Waals surface area contributed by atoms with Gasteiger partial charge in [-0.2, -0.15) is 5.26 Å². The number of fused-ring (bicyclic) bond motifs is 1. The second kappa shape index (κ2) is 11.5. The maximum Gasteiger partial charge on any atom is 0.166 e. The number of rotatable bonds is 7. The standard InChI is InChI=1S/C30H23Cl3FN7/c31-22-10-11-24(27(34)26(22)33)38-28-18(14-35)15-36-30-21(28)12-19(13-23(30)32)37-29(17-6-2-1-3-7-17)25-16-41(40-39-25)20-8-4-5-9-20/h1-3,6-7,10-13,15-16,20,29,37H,4-5,8-9H2,(H,36,38). The quantitative estimate of drug-likeness (QED) is 0.180. The smallest absolute Gasteiger partial charge is 0.166 e. The number of nitriles is 1. The van der Waals surface area contributed by atoms with Gasteiger partial charge in [-0.3, -0.25) is 4.98 Å². The third-order valence-electron chi connectivity index (χ3n) is 7.31. The van der Waals surface area contributed by atoms with Gasteiger partial charge in [0, 0.05) is 17.3 Å². The zero-order valence-corrected chi connectivity index (χ0v) is 23.8. The first kappa shape index (κ1) is 27.3. The lowest BCUT2D eigenvalue weighted by molar-refractivity contribution is 0.454. The van der Waals surface area contributed by atoms with Crippen molar-refractivity contribution in [3.05, 3.63) is 105 Å². The van der Waals surface area contributed by atoms with Gasteiger partial charge in [0.15, 0.2) is 5.82 Å². The summed E-state index contributed by atoms with van der Waals surface area (Å²) in [7, 11) is 0. The fourth-order valence-electron chi connectivity index (χ4n) is 5.23. The largest absolute Gasteiger partial charge is 0.373 e. The van der Waals surface area contributed by atoms with Crippen molar-refractivity contribution in [3.8, 4) is 6.07 Å². The molecule has 0 aliphatic heterocycles. The van der Waals surface area contributed by atoms with Crippen molar-refractivity contribution in [3.63, 3.8) is 0 Å². The molecule has 1 aliphatic rings. The molecule has 1 saturated carbocycles. The van der Waals surface area contributed by atoms with Crippen LogP contribution in [0.4, 0.5) is 21.5 Å². The molecule has 6 rings (SSSR count). The van der Waals surface area contributed by atoms with Crippen LogP contribution in [-0.4, -0.2) is 20.0 Å². The molecule has 0 saturated heterocycles. The molecule has 0 spiro atoms. The summed E-state index contributed by atoms with van der Waals surface area (Å²) < 4.78 is 16.9. The van der Waals surface area contributed by atoms with Crippen molar-refractivity contribution in [2.45, 2.75) is 37.8 Å². The van der Waals surface area contributed by atoms with Crippen molar-refractivity contribution in [2.24, 2.45) is 0 Å². The molecule has 1 fully saturated rings. The van der Waals surface area contributed by atoms with Gasteiger partial charge in [0.1, 0.15) is 11.8 Å². The van der Waals surface area contributed by atoms with Crippen molar-refractivity contribution in [1.82, 2.24) is 20.0 Å². The fourth-order valence-corrected chi connectivity index (χ4v) is 5.81. The van der Waals surface area contributed by atoms with Crippen LogP contribution in [0.1, 0.15) is 54.6 Å². The van der Waals surface area contributed by atoms with E-state index in [1.54, 1.807) is 6.07 Å². The number of halogens is 4. The molecule has 41 heavy (non-hydrogen) atoms. The number of nitrogens with one attached hydrogen (secondary N) is 2. The molecule has 0 amide bonds. The average Bonchev–Trinajstić information content (AvgIpc) is 3.70. The molecule has 3 aromatic carbocycles. The molecular weight excluding hydrogens is 584 g/mol. The minimum Gasteiger partial charge on any atom is -0.373 e. The summed E-state index contributed by atoms with van der Waals surface area (Å²) in [6.07, 6.45) is 7.96. The maximum atomic E-state index is 15.0. The summed E-state index contributed by atoms with van der Waals surface area (Å²) in [4.78, 5) is 4.40. The van der Waals surface area contributed by atoms with E-state index in [4.69, 9.17) is 34.8 Å².